The molecule has 0 saturated carbocycles. The lowest BCUT2D eigenvalue weighted by molar-refractivity contribution is -0.111. The maximum absolute atomic E-state index is 12.3. The van der Waals surface area contributed by atoms with Crippen LogP contribution in [0.25, 0.3) is 18.2 Å². The van der Waals surface area contributed by atoms with E-state index in [1.165, 1.54) is 12.1 Å². The fourth-order valence-electron chi connectivity index (χ4n) is 3.06. The van der Waals surface area contributed by atoms with E-state index in [1.807, 2.05) is 54.6 Å². The van der Waals surface area contributed by atoms with Crippen LogP contribution in [0.4, 0.5) is 5.69 Å². The van der Waals surface area contributed by atoms with Gasteiger partial charge in [-0.05, 0) is 47.0 Å². The summed E-state index contributed by atoms with van der Waals surface area (Å²) in [7, 11) is 4.68. The third kappa shape index (κ3) is 5.70. The standard InChI is InChI=1S/C26H25NO5/c1-30-23-16-20(17-24(31-2)26(23)32-3)10-9-19-11-13-22(28)21(15-19)27-25(29)14-12-18-7-5-4-6-8-18/h4-17,28H,1-3H3,(H,27,29)/b10-9+,14-12+. The minimum Gasteiger partial charge on any atom is -0.506 e. The number of amides is 1. The molecular weight excluding hydrogens is 406 g/mol. The van der Waals surface area contributed by atoms with Gasteiger partial charge in [0.2, 0.25) is 11.7 Å². The minimum atomic E-state index is -0.338. The molecule has 32 heavy (non-hydrogen) atoms. The molecule has 1 amide bonds. The van der Waals surface area contributed by atoms with Crippen molar-refractivity contribution in [2.24, 2.45) is 0 Å². The molecule has 0 unspecified atom stereocenters. The fourth-order valence-corrected chi connectivity index (χ4v) is 3.06. The van der Waals surface area contributed by atoms with E-state index in [9.17, 15) is 9.90 Å². The van der Waals surface area contributed by atoms with Gasteiger partial charge in [-0.1, -0.05) is 48.6 Å². The van der Waals surface area contributed by atoms with Crippen LogP contribution in [0.15, 0.2) is 66.7 Å². The Morgan fingerprint density at radius 1 is 0.781 bits per heavy atom. The summed E-state index contributed by atoms with van der Waals surface area (Å²) < 4.78 is 16.1. The Hall–Kier alpha value is -4.19. The Balaban J connectivity index is 1.78. The number of hydrogen-bond acceptors (Lipinski definition) is 5. The van der Waals surface area contributed by atoms with E-state index in [1.54, 1.807) is 39.5 Å². The van der Waals surface area contributed by atoms with Crippen LogP contribution in [0.1, 0.15) is 16.7 Å². The number of phenols is 1. The maximum Gasteiger partial charge on any atom is 0.248 e. The molecule has 0 spiro atoms. The molecule has 6 heteroatoms. The Kier molecular flexibility index (Phi) is 7.54. The normalized spacial score (nSPS) is 11.0. The fraction of sp³-hybridized carbons (Fsp3) is 0.115. The van der Waals surface area contributed by atoms with Gasteiger partial charge in [0.25, 0.3) is 0 Å². The first kappa shape index (κ1) is 22.5. The number of carbonyl (C=O) groups excluding carboxylic acids is 1. The molecule has 0 heterocycles. The quantitative estimate of drug-likeness (QED) is 0.290. The van der Waals surface area contributed by atoms with Gasteiger partial charge < -0.3 is 24.6 Å². The molecule has 0 atom stereocenters. The van der Waals surface area contributed by atoms with Crippen LogP contribution in [-0.4, -0.2) is 32.3 Å². The summed E-state index contributed by atoms with van der Waals surface area (Å²) >= 11 is 0. The molecule has 0 radical (unpaired) electrons. The van der Waals surface area contributed by atoms with Crippen LogP contribution in [-0.2, 0) is 4.79 Å². The molecule has 3 rings (SSSR count). The first-order valence-electron chi connectivity index (χ1n) is 9.89. The van der Waals surface area contributed by atoms with Crippen molar-refractivity contribution in [3.63, 3.8) is 0 Å². The summed E-state index contributed by atoms with van der Waals surface area (Å²) in [5.74, 6) is 1.27. The number of nitrogens with one attached hydrogen (secondary N) is 1. The van der Waals surface area contributed by atoms with Crippen molar-refractivity contribution in [1.82, 2.24) is 0 Å². The number of phenolic OH excluding ortho intramolecular Hbond substituents is 1. The molecule has 0 aliphatic heterocycles. The van der Waals surface area contributed by atoms with Gasteiger partial charge in [-0.15, -0.1) is 0 Å². The van der Waals surface area contributed by atoms with Crippen molar-refractivity contribution in [1.29, 1.82) is 0 Å². The summed E-state index contributed by atoms with van der Waals surface area (Å²) in [5.41, 5.74) is 2.86. The molecule has 0 aromatic heterocycles. The second-order valence-electron chi connectivity index (χ2n) is 6.80. The van der Waals surface area contributed by atoms with Crippen molar-refractivity contribution < 1.29 is 24.1 Å². The van der Waals surface area contributed by atoms with Gasteiger partial charge in [0.15, 0.2) is 11.5 Å². The van der Waals surface area contributed by atoms with E-state index in [2.05, 4.69) is 5.32 Å². The largest absolute Gasteiger partial charge is 0.506 e. The van der Waals surface area contributed by atoms with Crippen LogP contribution in [0.3, 0.4) is 0 Å². The second-order valence-corrected chi connectivity index (χ2v) is 6.80. The molecule has 3 aromatic rings. The molecule has 0 aliphatic carbocycles. The third-order valence-corrected chi connectivity index (χ3v) is 4.66. The van der Waals surface area contributed by atoms with Crippen molar-refractivity contribution in [2.45, 2.75) is 0 Å². The summed E-state index contributed by atoms with van der Waals surface area (Å²) in [6, 6.07) is 18.1. The molecule has 164 valence electrons. The van der Waals surface area contributed by atoms with Crippen molar-refractivity contribution >= 4 is 29.8 Å². The van der Waals surface area contributed by atoms with E-state index < -0.39 is 0 Å². The van der Waals surface area contributed by atoms with Crippen molar-refractivity contribution in [3.05, 3.63) is 83.4 Å². The van der Waals surface area contributed by atoms with Gasteiger partial charge in [0, 0.05) is 6.08 Å². The number of benzene rings is 3. The van der Waals surface area contributed by atoms with Crippen LogP contribution in [0.2, 0.25) is 0 Å². The molecule has 3 aromatic carbocycles. The highest BCUT2D eigenvalue weighted by Gasteiger charge is 2.12. The number of aromatic hydroxyl groups is 1. The summed E-state index contributed by atoms with van der Waals surface area (Å²) in [5, 5.41) is 12.8. The topological polar surface area (TPSA) is 77.0 Å². The van der Waals surface area contributed by atoms with Crippen LogP contribution in [0, 0.1) is 0 Å². The van der Waals surface area contributed by atoms with Gasteiger partial charge >= 0.3 is 0 Å². The summed E-state index contributed by atoms with van der Waals surface area (Å²) in [4.78, 5) is 12.3. The highest BCUT2D eigenvalue weighted by Crippen LogP contribution is 2.38. The highest BCUT2D eigenvalue weighted by molar-refractivity contribution is 6.03. The molecule has 0 bridgehead atoms. The van der Waals surface area contributed by atoms with E-state index in [-0.39, 0.29) is 11.7 Å². The summed E-state index contributed by atoms with van der Waals surface area (Å²) in [6.45, 7) is 0. The number of anilines is 1. The Morgan fingerprint density at radius 2 is 1.44 bits per heavy atom. The summed E-state index contributed by atoms with van der Waals surface area (Å²) in [6.07, 6.45) is 6.86. The predicted molar refractivity (Wildman–Crippen MR) is 127 cm³/mol. The molecule has 0 fully saturated rings. The maximum atomic E-state index is 12.3. The van der Waals surface area contributed by atoms with Gasteiger partial charge in [0.05, 0.1) is 27.0 Å². The number of carbonyl (C=O) groups is 1. The van der Waals surface area contributed by atoms with Gasteiger partial charge in [-0.2, -0.15) is 0 Å². The average Bonchev–Trinajstić information content (AvgIpc) is 2.83. The zero-order chi connectivity index (χ0) is 22.9. The van der Waals surface area contributed by atoms with Crippen LogP contribution in [0.5, 0.6) is 23.0 Å². The lowest BCUT2D eigenvalue weighted by Gasteiger charge is -2.12. The number of rotatable bonds is 8. The van der Waals surface area contributed by atoms with E-state index in [0.717, 1.165) is 16.7 Å². The predicted octanol–water partition coefficient (Wildman–Crippen LogP) is 5.24. The lowest BCUT2D eigenvalue weighted by atomic mass is 10.1. The second kappa shape index (κ2) is 10.7. The first-order chi connectivity index (χ1) is 15.5. The van der Waals surface area contributed by atoms with Crippen molar-refractivity contribution in [3.8, 4) is 23.0 Å². The molecule has 6 nitrogen and oxygen atoms in total. The number of methoxy groups -OCH3 is 3. The smallest absolute Gasteiger partial charge is 0.248 e. The van der Waals surface area contributed by atoms with Crippen LogP contribution >= 0.6 is 0 Å². The number of ether oxygens (including phenoxy) is 3. The van der Waals surface area contributed by atoms with Gasteiger partial charge in [0.1, 0.15) is 5.75 Å². The average molecular weight is 431 g/mol. The first-order valence-corrected chi connectivity index (χ1v) is 9.89. The zero-order valence-corrected chi connectivity index (χ0v) is 18.2. The molecule has 0 saturated heterocycles. The van der Waals surface area contributed by atoms with Gasteiger partial charge in [-0.3, -0.25) is 4.79 Å². The lowest BCUT2D eigenvalue weighted by Crippen LogP contribution is -2.08. The molecule has 0 aliphatic rings. The Labute approximate surface area is 187 Å². The Morgan fingerprint density at radius 3 is 2.06 bits per heavy atom. The highest BCUT2D eigenvalue weighted by atomic mass is 16.5. The minimum absolute atomic E-state index is 0.0172. The van der Waals surface area contributed by atoms with E-state index in [4.69, 9.17) is 14.2 Å². The SMILES string of the molecule is COc1cc(/C=C/c2ccc(O)c(NC(=O)/C=C/c3ccccc3)c2)cc(OC)c1OC. The molecule has 2 N–H and O–H groups in total. The third-order valence-electron chi connectivity index (χ3n) is 4.66. The van der Waals surface area contributed by atoms with Crippen molar-refractivity contribution in [2.75, 3.05) is 26.6 Å². The zero-order valence-electron chi connectivity index (χ0n) is 18.2. The number of hydrogen-bond donors (Lipinski definition) is 2. The van der Waals surface area contributed by atoms with Gasteiger partial charge in [-0.25, -0.2) is 0 Å². The van der Waals surface area contributed by atoms with E-state index >= 15 is 0 Å². The van der Waals surface area contributed by atoms with Crippen LogP contribution < -0.4 is 19.5 Å². The Bertz CT molecular complexity index is 1110. The monoisotopic (exact) mass is 431 g/mol. The van der Waals surface area contributed by atoms with E-state index in [0.29, 0.717) is 22.9 Å². The molecular formula is C26H25NO5.